The van der Waals surface area contributed by atoms with Crippen LogP contribution in [-0.4, -0.2) is 30.8 Å². The zero-order chi connectivity index (χ0) is 12.1. The number of carbonyl (C=O) groups excluding carboxylic acids is 1. The molecule has 1 aromatic rings. The molecule has 0 heterocycles. The Labute approximate surface area is 94.2 Å². The Morgan fingerprint density at radius 2 is 2.31 bits per heavy atom. The minimum Gasteiger partial charge on any atom is -0.494 e. The fourth-order valence-electron chi connectivity index (χ4n) is 1.30. The first-order valence-corrected chi connectivity index (χ1v) is 4.95. The first kappa shape index (κ1) is 12.3. The summed E-state index contributed by atoms with van der Waals surface area (Å²) in [7, 11) is 1.46. The molecular weight excluding hydrogens is 208 g/mol. The molecule has 4 N–H and O–H groups in total. The van der Waals surface area contributed by atoms with Gasteiger partial charge < -0.3 is 20.9 Å². The van der Waals surface area contributed by atoms with Crippen LogP contribution in [0.4, 0.5) is 5.69 Å². The predicted octanol–water partition coefficient (Wildman–Crippen LogP) is 0.388. The largest absolute Gasteiger partial charge is 0.494 e. The van der Waals surface area contributed by atoms with E-state index in [-0.39, 0.29) is 12.5 Å². The molecular formula is C11H16N2O3. The van der Waals surface area contributed by atoms with Crippen molar-refractivity contribution >= 4 is 11.6 Å². The summed E-state index contributed by atoms with van der Waals surface area (Å²) in [4.78, 5) is 11.7. The van der Waals surface area contributed by atoms with E-state index < -0.39 is 6.10 Å². The van der Waals surface area contributed by atoms with Crippen molar-refractivity contribution in [2.24, 2.45) is 0 Å². The lowest BCUT2D eigenvalue weighted by Crippen LogP contribution is -2.30. The molecule has 5 nitrogen and oxygen atoms in total. The van der Waals surface area contributed by atoms with Crippen LogP contribution >= 0.6 is 0 Å². The van der Waals surface area contributed by atoms with Crippen molar-refractivity contribution in [3.05, 3.63) is 23.8 Å². The van der Waals surface area contributed by atoms with Gasteiger partial charge in [-0.1, -0.05) is 6.07 Å². The summed E-state index contributed by atoms with van der Waals surface area (Å²) < 4.78 is 5.06. The minimum atomic E-state index is -0.587. The maximum atomic E-state index is 11.7. The van der Waals surface area contributed by atoms with E-state index in [0.29, 0.717) is 17.0 Å². The Balaban J connectivity index is 2.86. The highest BCUT2D eigenvalue weighted by atomic mass is 16.5. The molecule has 16 heavy (non-hydrogen) atoms. The van der Waals surface area contributed by atoms with Gasteiger partial charge in [0, 0.05) is 6.54 Å². The number of aliphatic hydroxyl groups is 1. The first-order chi connectivity index (χ1) is 7.56. The maximum absolute atomic E-state index is 11.7. The summed E-state index contributed by atoms with van der Waals surface area (Å²) in [6.45, 7) is 1.79. The molecule has 0 aliphatic rings. The van der Waals surface area contributed by atoms with Crippen molar-refractivity contribution in [2.75, 3.05) is 19.4 Å². The second-order valence-electron chi connectivity index (χ2n) is 3.49. The van der Waals surface area contributed by atoms with Crippen LogP contribution in [0.25, 0.3) is 0 Å². The van der Waals surface area contributed by atoms with Gasteiger partial charge in [-0.25, -0.2) is 0 Å². The highest BCUT2D eigenvalue weighted by Crippen LogP contribution is 2.25. The van der Waals surface area contributed by atoms with Crippen molar-refractivity contribution in [1.29, 1.82) is 0 Å². The third-order valence-corrected chi connectivity index (χ3v) is 2.05. The molecule has 0 bridgehead atoms. The average molecular weight is 224 g/mol. The standard InChI is InChI=1S/C11H16N2O3/c1-7(14)6-13-11(15)8-4-3-5-9(12)10(8)16-2/h3-5,7,14H,6,12H2,1-2H3,(H,13,15)/t7-/m1/s1. The zero-order valence-corrected chi connectivity index (χ0v) is 9.36. The second kappa shape index (κ2) is 5.37. The molecule has 0 aliphatic heterocycles. The number of hydrogen-bond donors (Lipinski definition) is 3. The first-order valence-electron chi connectivity index (χ1n) is 4.95. The summed E-state index contributed by atoms with van der Waals surface area (Å²) >= 11 is 0. The summed E-state index contributed by atoms with van der Waals surface area (Å²) in [5.74, 6) is 0.0376. The predicted molar refractivity (Wildman–Crippen MR) is 61.4 cm³/mol. The molecule has 5 heteroatoms. The lowest BCUT2D eigenvalue weighted by molar-refractivity contribution is 0.0921. The van der Waals surface area contributed by atoms with Gasteiger partial charge >= 0.3 is 0 Å². The topological polar surface area (TPSA) is 84.6 Å². The van der Waals surface area contributed by atoms with E-state index in [2.05, 4.69) is 5.32 Å². The van der Waals surface area contributed by atoms with Crippen LogP contribution in [0.5, 0.6) is 5.75 Å². The highest BCUT2D eigenvalue weighted by molar-refractivity contribution is 5.98. The van der Waals surface area contributed by atoms with Gasteiger partial charge in [0.15, 0.2) is 5.75 Å². The molecule has 0 spiro atoms. The Hall–Kier alpha value is -1.75. The number of anilines is 1. The van der Waals surface area contributed by atoms with Gasteiger partial charge in [-0.05, 0) is 19.1 Å². The van der Waals surface area contributed by atoms with E-state index in [1.807, 2.05) is 0 Å². The molecule has 88 valence electrons. The molecule has 0 fully saturated rings. The Morgan fingerprint density at radius 1 is 1.62 bits per heavy atom. The van der Waals surface area contributed by atoms with Gasteiger partial charge in [-0.15, -0.1) is 0 Å². The molecule has 1 atom stereocenters. The fraction of sp³-hybridized carbons (Fsp3) is 0.364. The highest BCUT2D eigenvalue weighted by Gasteiger charge is 2.14. The minimum absolute atomic E-state index is 0.191. The molecule has 1 amide bonds. The van der Waals surface area contributed by atoms with E-state index in [9.17, 15) is 4.79 Å². The van der Waals surface area contributed by atoms with Crippen LogP contribution in [0.3, 0.4) is 0 Å². The van der Waals surface area contributed by atoms with Crippen molar-refractivity contribution < 1.29 is 14.6 Å². The molecule has 0 saturated carbocycles. The number of para-hydroxylation sites is 1. The third-order valence-electron chi connectivity index (χ3n) is 2.05. The van der Waals surface area contributed by atoms with Crippen LogP contribution in [0.1, 0.15) is 17.3 Å². The van der Waals surface area contributed by atoms with Gasteiger partial charge in [0.25, 0.3) is 5.91 Å². The van der Waals surface area contributed by atoms with Crippen LogP contribution in [0.15, 0.2) is 18.2 Å². The van der Waals surface area contributed by atoms with Crippen LogP contribution < -0.4 is 15.8 Å². The Morgan fingerprint density at radius 3 is 2.88 bits per heavy atom. The lowest BCUT2D eigenvalue weighted by Gasteiger charge is -2.11. The normalized spacial score (nSPS) is 11.9. The van der Waals surface area contributed by atoms with Gasteiger partial charge in [-0.3, -0.25) is 4.79 Å². The summed E-state index contributed by atoms with van der Waals surface area (Å²) in [5, 5.41) is 11.6. The van der Waals surface area contributed by atoms with E-state index in [1.54, 1.807) is 25.1 Å². The van der Waals surface area contributed by atoms with Crippen LogP contribution in [0.2, 0.25) is 0 Å². The van der Waals surface area contributed by atoms with Gasteiger partial charge in [0.05, 0.1) is 24.5 Å². The van der Waals surface area contributed by atoms with E-state index in [4.69, 9.17) is 15.6 Å². The number of aliphatic hydroxyl groups excluding tert-OH is 1. The lowest BCUT2D eigenvalue weighted by atomic mass is 10.1. The van der Waals surface area contributed by atoms with Crippen molar-refractivity contribution in [3.8, 4) is 5.75 Å². The zero-order valence-electron chi connectivity index (χ0n) is 9.36. The van der Waals surface area contributed by atoms with E-state index >= 15 is 0 Å². The smallest absolute Gasteiger partial charge is 0.255 e. The number of nitrogen functional groups attached to an aromatic ring is 1. The summed E-state index contributed by atoms with van der Waals surface area (Å²) in [5.41, 5.74) is 6.44. The number of hydrogen-bond acceptors (Lipinski definition) is 4. The fourth-order valence-corrected chi connectivity index (χ4v) is 1.30. The maximum Gasteiger partial charge on any atom is 0.255 e. The van der Waals surface area contributed by atoms with Crippen molar-refractivity contribution in [1.82, 2.24) is 5.32 Å². The quantitative estimate of drug-likeness (QED) is 0.646. The Bertz CT molecular complexity index is 377. The number of benzene rings is 1. The second-order valence-corrected chi connectivity index (χ2v) is 3.49. The van der Waals surface area contributed by atoms with Gasteiger partial charge in [0.2, 0.25) is 0 Å². The SMILES string of the molecule is COc1c(N)cccc1C(=O)NC[C@@H](C)O. The monoisotopic (exact) mass is 224 g/mol. The Kier molecular flexibility index (Phi) is 4.13. The number of methoxy groups -OCH3 is 1. The molecule has 0 aromatic heterocycles. The van der Waals surface area contributed by atoms with E-state index in [0.717, 1.165) is 0 Å². The number of nitrogens with one attached hydrogen (secondary N) is 1. The number of amides is 1. The van der Waals surface area contributed by atoms with Gasteiger partial charge in [-0.2, -0.15) is 0 Å². The molecule has 1 aromatic carbocycles. The number of carbonyl (C=O) groups is 1. The third kappa shape index (κ3) is 2.87. The number of rotatable bonds is 4. The average Bonchev–Trinajstić information content (AvgIpc) is 2.25. The summed E-state index contributed by atoms with van der Waals surface area (Å²) in [6, 6.07) is 4.95. The van der Waals surface area contributed by atoms with Crippen molar-refractivity contribution in [3.63, 3.8) is 0 Å². The van der Waals surface area contributed by atoms with E-state index in [1.165, 1.54) is 7.11 Å². The number of ether oxygens (including phenoxy) is 1. The molecule has 0 saturated heterocycles. The number of nitrogens with two attached hydrogens (primary N) is 1. The molecule has 0 unspecified atom stereocenters. The van der Waals surface area contributed by atoms with Crippen LogP contribution in [0, 0.1) is 0 Å². The van der Waals surface area contributed by atoms with Crippen LogP contribution in [-0.2, 0) is 0 Å². The molecule has 0 radical (unpaired) electrons. The summed E-state index contributed by atoms with van der Waals surface area (Å²) in [6.07, 6.45) is -0.587. The van der Waals surface area contributed by atoms with Gasteiger partial charge in [0.1, 0.15) is 0 Å². The van der Waals surface area contributed by atoms with Crippen molar-refractivity contribution in [2.45, 2.75) is 13.0 Å². The molecule has 1 rings (SSSR count). The molecule has 0 aliphatic carbocycles.